The van der Waals surface area contributed by atoms with Gasteiger partial charge in [-0.25, -0.2) is 0 Å². The van der Waals surface area contributed by atoms with Crippen LogP contribution in [0.5, 0.6) is 5.75 Å². The van der Waals surface area contributed by atoms with Crippen molar-refractivity contribution in [3.05, 3.63) is 81.4 Å². The third-order valence-corrected chi connectivity index (χ3v) is 8.59. The number of ether oxygens (including phenoxy) is 1. The number of benzene rings is 3. The monoisotopic (exact) mass is 532 g/mol. The largest absolute Gasteiger partial charge is 0.507 e. The molecule has 2 bridgehead atoms. The number of anilines is 1. The SMILES string of the molecule is Cc1cc2cc3c(cc2cc1CN)C(=O)c1c(O)cc2c(c1C3=O)N[C@H]1C#C/C=C\C#C[C@@H](O)[C@@]23O[C@@]13[C@@H](C)O. The van der Waals surface area contributed by atoms with Gasteiger partial charge in [-0.1, -0.05) is 29.7 Å². The average Bonchev–Trinajstić information content (AvgIpc) is 3.66. The van der Waals surface area contributed by atoms with Crippen LogP contribution in [0.15, 0.2) is 42.5 Å². The summed E-state index contributed by atoms with van der Waals surface area (Å²) in [5.74, 6) is 9.94. The number of hydrogen-bond donors (Lipinski definition) is 5. The van der Waals surface area contributed by atoms with Crippen LogP contribution in [-0.4, -0.2) is 50.7 Å². The molecule has 2 heterocycles. The zero-order valence-electron chi connectivity index (χ0n) is 21.6. The molecule has 1 saturated heterocycles. The van der Waals surface area contributed by atoms with Crippen LogP contribution < -0.4 is 11.1 Å². The Morgan fingerprint density at radius 2 is 1.68 bits per heavy atom. The van der Waals surface area contributed by atoms with E-state index in [4.69, 9.17) is 10.5 Å². The number of phenolic OH excluding ortho intramolecular Hbond substituents is 1. The molecule has 4 aliphatic rings. The highest BCUT2D eigenvalue weighted by molar-refractivity contribution is 6.32. The van der Waals surface area contributed by atoms with E-state index in [2.05, 4.69) is 29.0 Å². The molecule has 8 nitrogen and oxygen atoms in total. The van der Waals surface area contributed by atoms with E-state index < -0.39 is 46.8 Å². The minimum atomic E-state index is -1.60. The van der Waals surface area contributed by atoms with Gasteiger partial charge in [-0.15, -0.1) is 0 Å². The number of carbonyl (C=O) groups is 2. The molecule has 3 aromatic carbocycles. The van der Waals surface area contributed by atoms with Gasteiger partial charge in [0.05, 0.1) is 22.9 Å². The van der Waals surface area contributed by atoms with Crippen molar-refractivity contribution >= 4 is 28.0 Å². The van der Waals surface area contributed by atoms with Crippen LogP contribution in [0, 0.1) is 30.6 Å². The lowest BCUT2D eigenvalue weighted by molar-refractivity contribution is 0.0867. The highest BCUT2D eigenvalue weighted by Crippen LogP contribution is 2.67. The molecule has 5 atom stereocenters. The highest BCUT2D eigenvalue weighted by atomic mass is 16.7. The van der Waals surface area contributed by atoms with Crippen molar-refractivity contribution in [2.45, 2.75) is 49.8 Å². The van der Waals surface area contributed by atoms with Gasteiger partial charge in [0, 0.05) is 23.2 Å². The van der Waals surface area contributed by atoms with Gasteiger partial charge in [-0.3, -0.25) is 9.59 Å². The fourth-order valence-corrected chi connectivity index (χ4v) is 6.62. The standard InChI is InChI=1S/C32H24N2O6/c1-15-9-17-11-21-20(12-18(17)10-19(15)14-33)29(38)26-23(36)13-22-28(27(26)30(21)39)34-24-7-5-3-4-6-8-25(37)32(22)31(24,40-32)16(2)35/h3-4,9-13,16,24-25,34-37H,14,33H2,1-2H3/b4-3-/t16-,24+,25-,31+,32+/m1/s1. The predicted octanol–water partition coefficient (Wildman–Crippen LogP) is 2.16. The van der Waals surface area contributed by atoms with Gasteiger partial charge in [0.2, 0.25) is 0 Å². The molecule has 198 valence electrons. The maximum absolute atomic E-state index is 14.2. The minimum absolute atomic E-state index is 0.0317. The Bertz CT molecular complexity index is 1880. The molecule has 1 fully saturated rings. The number of aryl methyl sites for hydroxylation is 1. The number of nitrogens with one attached hydrogen (secondary N) is 1. The Morgan fingerprint density at radius 3 is 2.35 bits per heavy atom. The second-order valence-corrected chi connectivity index (χ2v) is 10.7. The Balaban J connectivity index is 1.50. The molecule has 0 aromatic heterocycles. The van der Waals surface area contributed by atoms with Crippen LogP contribution in [0.2, 0.25) is 0 Å². The van der Waals surface area contributed by atoms with E-state index in [0.717, 1.165) is 21.9 Å². The average molecular weight is 533 g/mol. The van der Waals surface area contributed by atoms with Gasteiger partial charge in [-0.2, -0.15) is 0 Å². The van der Waals surface area contributed by atoms with Crippen LogP contribution in [0.1, 0.15) is 55.5 Å². The number of epoxide rings is 1. The van der Waals surface area contributed by atoms with Gasteiger partial charge in [0.1, 0.15) is 11.8 Å². The lowest BCUT2D eigenvalue weighted by Crippen LogP contribution is -2.54. The van der Waals surface area contributed by atoms with E-state index in [9.17, 15) is 24.9 Å². The highest BCUT2D eigenvalue weighted by Gasteiger charge is 2.82. The molecule has 0 spiro atoms. The van der Waals surface area contributed by atoms with Crippen molar-refractivity contribution < 1.29 is 29.6 Å². The number of fused-ring (bicyclic) bond motifs is 5. The second kappa shape index (κ2) is 8.04. The number of carbonyl (C=O) groups excluding carboxylic acids is 2. The van der Waals surface area contributed by atoms with E-state index in [1.165, 1.54) is 25.1 Å². The zero-order valence-corrected chi connectivity index (χ0v) is 21.6. The first-order valence-corrected chi connectivity index (χ1v) is 12.9. The molecule has 2 aliphatic heterocycles. The number of hydrogen-bond acceptors (Lipinski definition) is 8. The van der Waals surface area contributed by atoms with Gasteiger partial charge < -0.3 is 31.1 Å². The number of nitrogens with two attached hydrogens (primary N) is 1. The first kappa shape index (κ1) is 24.6. The fourth-order valence-electron chi connectivity index (χ4n) is 6.62. The third kappa shape index (κ3) is 2.86. The molecule has 2 aliphatic carbocycles. The quantitative estimate of drug-likeness (QED) is 0.150. The maximum Gasteiger partial charge on any atom is 0.198 e. The molecule has 0 saturated carbocycles. The van der Waals surface area contributed by atoms with E-state index >= 15 is 0 Å². The molecule has 40 heavy (non-hydrogen) atoms. The molecular weight excluding hydrogens is 508 g/mol. The minimum Gasteiger partial charge on any atom is -0.507 e. The van der Waals surface area contributed by atoms with Gasteiger partial charge >= 0.3 is 0 Å². The number of aliphatic hydroxyl groups is 2. The van der Waals surface area contributed by atoms with Crippen LogP contribution in [-0.2, 0) is 16.9 Å². The van der Waals surface area contributed by atoms with Crippen molar-refractivity contribution in [3.63, 3.8) is 0 Å². The summed E-state index contributed by atoms with van der Waals surface area (Å²) in [6, 6.07) is 7.62. The van der Waals surface area contributed by atoms with E-state index in [0.29, 0.717) is 6.54 Å². The summed E-state index contributed by atoms with van der Waals surface area (Å²) in [5, 5.41) is 38.2. The Morgan fingerprint density at radius 1 is 1.02 bits per heavy atom. The molecule has 3 aromatic rings. The summed E-state index contributed by atoms with van der Waals surface area (Å²) in [7, 11) is 0. The number of phenols is 1. The summed E-state index contributed by atoms with van der Waals surface area (Å²) in [6.45, 7) is 3.79. The molecule has 8 heteroatoms. The smallest absolute Gasteiger partial charge is 0.198 e. The van der Waals surface area contributed by atoms with Gasteiger partial charge in [0.15, 0.2) is 28.9 Å². The van der Waals surface area contributed by atoms with Gasteiger partial charge in [-0.05, 0) is 72.2 Å². The molecule has 0 radical (unpaired) electrons. The normalized spacial score (nSPS) is 28.3. The fraction of sp³-hybridized carbons (Fsp3) is 0.250. The van der Waals surface area contributed by atoms with Crippen molar-refractivity contribution in [1.82, 2.24) is 0 Å². The van der Waals surface area contributed by atoms with E-state index in [-0.39, 0.29) is 33.5 Å². The molecule has 0 unspecified atom stereocenters. The number of rotatable bonds is 2. The molecule has 0 amide bonds. The lowest BCUT2D eigenvalue weighted by atomic mass is 9.69. The van der Waals surface area contributed by atoms with Crippen molar-refractivity contribution in [3.8, 4) is 29.4 Å². The Labute approximate surface area is 229 Å². The summed E-state index contributed by atoms with van der Waals surface area (Å²) in [4.78, 5) is 28.1. The first-order valence-electron chi connectivity index (χ1n) is 12.9. The third-order valence-electron chi connectivity index (χ3n) is 8.59. The summed E-state index contributed by atoms with van der Waals surface area (Å²) in [6.07, 6.45) is 0.463. The van der Waals surface area contributed by atoms with Crippen LogP contribution in [0.25, 0.3) is 10.8 Å². The Kier molecular flexibility index (Phi) is 4.95. The number of aliphatic hydroxyl groups excluding tert-OH is 2. The molecular formula is C32H24N2O6. The van der Waals surface area contributed by atoms with Crippen LogP contribution in [0.3, 0.4) is 0 Å². The van der Waals surface area contributed by atoms with Crippen molar-refractivity contribution in [2.75, 3.05) is 5.32 Å². The van der Waals surface area contributed by atoms with Crippen molar-refractivity contribution in [2.24, 2.45) is 5.73 Å². The van der Waals surface area contributed by atoms with Crippen LogP contribution >= 0.6 is 0 Å². The van der Waals surface area contributed by atoms with E-state index in [1.807, 2.05) is 19.1 Å². The molecule has 7 rings (SSSR count). The van der Waals surface area contributed by atoms with Crippen molar-refractivity contribution in [1.29, 1.82) is 0 Å². The molecule has 6 N–H and O–H groups in total. The first-order chi connectivity index (χ1) is 19.2. The maximum atomic E-state index is 14.2. The second-order valence-electron chi connectivity index (χ2n) is 10.7. The van der Waals surface area contributed by atoms with E-state index in [1.54, 1.807) is 12.1 Å². The summed E-state index contributed by atoms with van der Waals surface area (Å²) >= 11 is 0. The predicted molar refractivity (Wildman–Crippen MR) is 147 cm³/mol. The Hall–Kier alpha value is -4.44. The zero-order chi connectivity index (χ0) is 28.1. The lowest BCUT2D eigenvalue weighted by Gasteiger charge is -2.37. The number of ketones is 2. The van der Waals surface area contributed by atoms with Crippen LogP contribution in [0.4, 0.5) is 5.69 Å². The number of aromatic hydroxyl groups is 1. The summed E-state index contributed by atoms with van der Waals surface area (Å²) < 4.78 is 6.21. The number of allylic oxidation sites excluding steroid dienone is 2. The summed E-state index contributed by atoms with van der Waals surface area (Å²) in [5.41, 5.74) is 5.40. The van der Waals surface area contributed by atoms with Gasteiger partial charge in [0.25, 0.3) is 0 Å². The topological polar surface area (TPSA) is 145 Å².